The maximum Gasteiger partial charge on any atom is 0.125 e. The second-order valence-corrected chi connectivity index (χ2v) is 5.66. The summed E-state index contributed by atoms with van der Waals surface area (Å²) in [6, 6.07) is 23.1. The summed E-state index contributed by atoms with van der Waals surface area (Å²) < 4.78 is 11.8. The number of hydrogen-bond acceptors (Lipinski definition) is 2. The standard InChI is InChI=1S/C20H18O2/c1-2-6-17-13-15(9-10-16(17)5-1)14-22-20-11-12-21-19-8-4-3-7-18(19)20/h1-10,13,20H,11-12,14H2. The monoisotopic (exact) mass is 290 g/mol. The Morgan fingerprint density at radius 2 is 1.73 bits per heavy atom. The molecule has 0 N–H and O–H groups in total. The van der Waals surface area contributed by atoms with Crippen LogP contribution in [0.4, 0.5) is 0 Å². The lowest BCUT2D eigenvalue weighted by Gasteiger charge is -2.26. The van der Waals surface area contributed by atoms with Crippen molar-refractivity contribution in [1.29, 1.82) is 0 Å². The van der Waals surface area contributed by atoms with Crippen LogP contribution in [0.25, 0.3) is 10.8 Å². The van der Waals surface area contributed by atoms with Crippen molar-refractivity contribution in [2.45, 2.75) is 19.1 Å². The molecule has 110 valence electrons. The Bertz CT molecular complexity index is 794. The molecular formula is C20H18O2. The van der Waals surface area contributed by atoms with Gasteiger partial charge in [-0.05, 0) is 28.5 Å². The second-order valence-electron chi connectivity index (χ2n) is 5.66. The minimum Gasteiger partial charge on any atom is -0.493 e. The summed E-state index contributed by atoms with van der Waals surface area (Å²) >= 11 is 0. The van der Waals surface area contributed by atoms with Gasteiger partial charge in [-0.1, -0.05) is 54.6 Å². The highest BCUT2D eigenvalue weighted by Gasteiger charge is 2.21. The molecule has 0 saturated carbocycles. The summed E-state index contributed by atoms with van der Waals surface area (Å²) in [4.78, 5) is 0. The molecule has 4 rings (SSSR count). The number of hydrogen-bond donors (Lipinski definition) is 0. The first-order valence-electron chi connectivity index (χ1n) is 7.71. The molecule has 22 heavy (non-hydrogen) atoms. The Morgan fingerprint density at radius 3 is 2.68 bits per heavy atom. The lowest BCUT2D eigenvalue weighted by molar-refractivity contribution is 0.0128. The molecule has 2 heteroatoms. The van der Waals surface area contributed by atoms with E-state index in [1.165, 1.54) is 16.3 Å². The number of benzene rings is 3. The summed E-state index contributed by atoms with van der Waals surface area (Å²) in [7, 11) is 0. The predicted molar refractivity (Wildman–Crippen MR) is 88.0 cm³/mol. The van der Waals surface area contributed by atoms with E-state index in [0.717, 1.165) is 24.3 Å². The highest BCUT2D eigenvalue weighted by molar-refractivity contribution is 5.82. The van der Waals surface area contributed by atoms with Crippen molar-refractivity contribution < 1.29 is 9.47 Å². The van der Waals surface area contributed by atoms with Gasteiger partial charge in [0.05, 0.1) is 19.3 Å². The van der Waals surface area contributed by atoms with E-state index < -0.39 is 0 Å². The Morgan fingerprint density at radius 1 is 0.909 bits per heavy atom. The Kier molecular flexibility index (Phi) is 3.53. The first-order chi connectivity index (χ1) is 10.9. The average Bonchev–Trinajstić information content (AvgIpc) is 2.60. The zero-order valence-corrected chi connectivity index (χ0v) is 12.4. The van der Waals surface area contributed by atoms with Gasteiger partial charge < -0.3 is 9.47 Å². The van der Waals surface area contributed by atoms with Crippen LogP contribution in [0.3, 0.4) is 0 Å². The van der Waals surface area contributed by atoms with Gasteiger partial charge >= 0.3 is 0 Å². The zero-order chi connectivity index (χ0) is 14.8. The van der Waals surface area contributed by atoms with Crippen molar-refractivity contribution in [3.8, 4) is 5.75 Å². The number of ether oxygens (including phenoxy) is 2. The maximum atomic E-state index is 6.16. The highest BCUT2D eigenvalue weighted by Crippen LogP contribution is 2.34. The van der Waals surface area contributed by atoms with E-state index in [0.29, 0.717) is 6.61 Å². The van der Waals surface area contributed by atoms with Crippen LogP contribution in [-0.2, 0) is 11.3 Å². The molecule has 3 aromatic carbocycles. The topological polar surface area (TPSA) is 18.5 Å². The molecule has 1 aliphatic rings. The van der Waals surface area contributed by atoms with E-state index in [-0.39, 0.29) is 6.10 Å². The highest BCUT2D eigenvalue weighted by atomic mass is 16.5. The summed E-state index contributed by atoms with van der Waals surface area (Å²) in [5.41, 5.74) is 2.37. The molecule has 0 spiro atoms. The van der Waals surface area contributed by atoms with Crippen LogP contribution in [-0.4, -0.2) is 6.61 Å². The third-order valence-electron chi connectivity index (χ3n) is 4.17. The van der Waals surface area contributed by atoms with E-state index in [9.17, 15) is 0 Å². The van der Waals surface area contributed by atoms with Crippen LogP contribution in [0.5, 0.6) is 5.75 Å². The zero-order valence-electron chi connectivity index (χ0n) is 12.4. The molecule has 1 aliphatic heterocycles. The van der Waals surface area contributed by atoms with Gasteiger partial charge in [0.25, 0.3) is 0 Å². The smallest absolute Gasteiger partial charge is 0.125 e. The molecule has 1 atom stereocenters. The van der Waals surface area contributed by atoms with Crippen LogP contribution in [0.2, 0.25) is 0 Å². The molecule has 0 aliphatic carbocycles. The van der Waals surface area contributed by atoms with Gasteiger partial charge in [0.2, 0.25) is 0 Å². The second kappa shape index (κ2) is 5.82. The molecule has 1 unspecified atom stereocenters. The fourth-order valence-electron chi connectivity index (χ4n) is 3.01. The first kappa shape index (κ1) is 13.4. The van der Waals surface area contributed by atoms with Crippen LogP contribution in [0.1, 0.15) is 23.7 Å². The molecule has 1 heterocycles. The summed E-state index contributed by atoms with van der Waals surface area (Å²) in [6.07, 6.45) is 1.03. The third-order valence-corrected chi connectivity index (χ3v) is 4.17. The van der Waals surface area contributed by atoms with Crippen molar-refractivity contribution >= 4 is 10.8 Å². The first-order valence-corrected chi connectivity index (χ1v) is 7.71. The SMILES string of the molecule is c1ccc2c(c1)OCCC2OCc1ccc2ccccc2c1. The van der Waals surface area contributed by atoms with E-state index in [1.54, 1.807) is 0 Å². The minimum absolute atomic E-state index is 0.122. The number of fused-ring (bicyclic) bond motifs is 2. The van der Waals surface area contributed by atoms with Crippen LogP contribution in [0, 0.1) is 0 Å². The van der Waals surface area contributed by atoms with Gasteiger partial charge in [-0.3, -0.25) is 0 Å². The fraction of sp³-hybridized carbons (Fsp3) is 0.200. The van der Waals surface area contributed by atoms with E-state index in [4.69, 9.17) is 9.47 Å². The average molecular weight is 290 g/mol. The van der Waals surface area contributed by atoms with Crippen LogP contribution in [0.15, 0.2) is 66.7 Å². The summed E-state index contributed by atoms with van der Waals surface area (Å²) in [5, 5.41) is 2.53. The van der Waals surface area contributed by atoms with Gasteiger partial charge in [0.15, 0.2) is 0 Å². The lowest BCUT2D eigenvalue weighted by Crippen LogP contribution is -2.16. The lowest BCUT2D eigenvalue weighted by atomic mass is 10.0. The Hall–Kier alpha value is -2.32. The van der Waals surface area contributed by atoms with Crippen molar-refractivity contribution in [3.05, 3.63) is 77.9 Å². The minimum atomic E-state index is 0.122. The van der Waals surface area contributed by atoms with Crippen molar-refractivity contribution in [3.63, 3.8) is 0 Å². The van der Waals surface area contributed by atoms with E-state index >= 15 is 0 Å². The van der Waals surface area contributed by atoms with Gasteiger partial charge in [0.1, 0.15) is 5.75 Å². The van der Waals surface area contributed by atoms with Crippen LogP contribution < -0.4 is 4.74 Å². The maximum absolute atomic E-state index is 6.16. The van der Waals surface area contributed by atoms with Crippen LogP contribution >= 0.6 is 0 Å². The molecular weight excluding hydrogens is 272 g/mol. The van der Waals surface area contributed by atoms with Gasteiger partial charge in [-0.25, -0.2) is 0 Å². The fourth-order valence-corrected chi connectivity index (χ4v) is 3.01. The van der Waals surface area contributed by atoms with E-state index in [1.807, 2.05) is 18.2 Å². The normalized spacial score (nSPS) is 17.0. The molecule has 0 amide bonds. The molecule has 0 aromatic heterocycles. The molecule has 2 nitrogen and oxygen atoms in total. The van der Waals surface area contributed by atoms with Crippen molar-refractivity contribution in [2.24, 2.45) is 0 Å². The number of rotatable bonds is 3. The molecule has 0 bridgehead atoms. The van der Waals surface area contributed by atoms with Crippen molar-refractivity contribution in [1.82, 2.24) is 0 Å². The molecule has 0 saturated heterocycles. The van der Waals surface area contributed by atoms with Gasteiger partial charge in [-0.15, -0.1) is 0 Å². The predicted octanol–water partition coefficient (Wildman–Crippen LogP) is 4.88. The molecule has 0 fully saturated rings. The van der Waals surface area contributed by atoms with Gasteiger partial charge in [-0.2, -0.15) is 0 Å². The quantitative estimate of drug-likeness (QED) is 0.684. The van der Waals surface area contributed by atoms with Gasteiger partial charge in [0, 0.05) is 12.0 Å². The summed E-state index contributed by atoms with van der Waals surface area (Å²) in [5.74, 6) is 0.956. The molecule has 0 radical (unpaired) electrons. The van der Waals surface area contributed by atoms with E-state index in [2.05, 4.69) is 48.5 Å². The van der Waals surface area contributed by atoms with Crippen molar-refractivity contribution in [2.75, 3.05) is 6.61 Å². The molecule has 3 aromatic rings. The Balaban J connectivity index is 1.52. The third kappa shape index (κ3) is 2.58. The largest absolute Gasteiger partial charge is 0.493 e. The summed E-state index contributed by atoms with van der Waals surface area (Å²) in [6.45, 7) is 1.35. The Labute approximate surface area is 130 Å². The number of para-hydroxylation sites is 1.